The largest absolute Gasteiger partial charge is 0.396 e. The maximum atomic E-state index is 14.3. The number of hydroxylamine groups is 1. The lowest BCUT2D eigenvalue weighted by Gasteiger charge is -2.10. The summed E-state index contributed by atoms with van der Waals surface area (Å²) >= 11 is 1.27. The molecule has 0 radical (unpaired) electrons. The Labute approximate surface area is 160 Å². The van der Waals surface area contributed by atoms with E-state index in [4.69, 9.17) is 9.94 Å². The fourth-order valence-corrected chi connectivity index (χ4v) is 3.58. The van der Waals surface area contributed by atoms with Gasteiger partial charge in [0.1, 0.15) is 15.6 Å². The van der Waals surface area contributed by atoms with Crippen molar-refractivity contribution in [2.75, 3.05) is 18.5 Å². The highest BCUT2D eigenvalue weighted by Crippen LogP contribution is 2.37. The number of benzene rings is 1. The summed E-state index contributed by atoms with van der Waals surface area (Å²) in [7, 11) is 0. The Morgan fingerprint density at radius 1 is 1.30 bits per heavy atom. The molecule has 3 rings (SSSR count). The van der Waals surface area contributed by atoms with Crippen LogP contribution in [0.1, 0.15) is 27.9 Å². The molecule has 1 aromatic carbocycles. The van der Waals surface area contributed by atoms with Crippen molar-refractivity contribution in [1.82, 2.24) is 10.5 Å². The highest BCUT2D eigenvalue weighted by Gasteiger charge is 2.21. The van der Waals surface area contributed by atoms with Gasteiger partial charge in [-0.1, -0.05) is 17.4 Å². The zero-order valence-electron chi connectivity index (χ0n) is 15.0. The van der Waals surface area contributed by atoms with Crippen LogP contribution in [0.5, 0.6) is 0 Å². The van der Waals surface area contributed by atoms with Crippen LogP contribution in [0.25, 0.3) is 10.2 Å². The highest BCUT2D eigenvalue weighted by molar-refractivity contribution is 7.23. The summed E-state index contributed by atoms with van der Waals surface area (Å²) < 4.78 is 14.3. The molecule has 2 heterocycles. The number of pyridine rings is 1. The number of amides is 1. The van der Waals surface area contributed by atoms with Gasteiger partial charge in [-0.05, 0) is 49.6 Å². The van der Waals surface area contributed by atoms with Crippen LogP contribution in [0, 0.1) is 19.7 Å². The summed E-state index contributed by atoms with van der Waals surface area (Å²) in [6.07, 6.45) is 2.12. The van der Waals surface area contributed by atoms with Crippen LogP contribution in [0.3, 0.4) is 0 Å². The van der Waals surface area contributed by atoms with Gasteiger partial charge in [-0.2, -0.15) is 0 Å². The fraction of sp³-hybridized carbons (Fsp3) is 0.263. The van der Waals surface area contributed by atoms with Crippen molar-refractivity contribution in [1.29, 1.82) is 0 Å². The van der Waals surface area contributed by atoms with Crippen molar-refractivity contribution in [2.45, 2.75) is 20.3 Å². The second-order valence-corrected chi connectivity index (χ2v) is 7.14. The molecule has 2 aromatic heterocycles. The first-order valence-corrected chi connectivity index (χ1v) is 9.26. The van der Waals surface area contributed by atoms with E-state index in [2.05, 4.69) is 15.8 Å². The number of rotatable bonds is 7. The van der Waals surface area contributed by atoms with Crippen LogP contribution in [0.4, 0.5) is 15.1 Å². The summed E-state index contributed by atoms with van der Waals surface area (Å²) in [5.41, 5.74) is 4.71. The number of anilines is 2. The number of fused-ring (bicyclic) bond motifs is 1. The molecule has 0 aliphatic rings. The maximum absolute atomic E-state index is 14.3. The molecule has 0 saturated carbocycles. The molecule has 3 aromatic rings. The lowest BCUT2D eigenvalue weighted by Crippen LogP contribution is -2.25. The number of aryl methyl sites for hydroxylation is 2. The quantitative estimate of drug-likeness (QED) is 0.422. The van der Waals surface area contributed by atoms with Gasteiger partial charge in [0.05, 0.1) is 17.9 Å². The van der Waals surface area contributed by atoms with Gasteiger partial charge in [0.2, 0.25) is 0 Å². The Morgan fingerprint density at radius 3 is 2.85 bits per heavy atom. The fourth-order valence-electron chi connectivity index (χ4n) is 2.55. The van der Waals surface area contributed by atoms with Crippen molar-refractivity contribution < 1.29 is 19.1 Å². The third kappa shape index (κ3) is 4.41. The van der Waals surface area contributed by atoms with Gasteiger partial charge in [0.25, 0.3) is 5.91 Å². The lowest BCUT2D eigenvalue weighted by molar-refractivity contribution is 0.0264. The average Bonchev–Trinajstić information content (AvgIpc) is 2.98. The van der Waals surface area contributed by atoms with Crippen LogP contribution < -0.4 is 10.8 Å². The molecular weight excluding hydrogens is 369 g/mol. The molecule has 0 spiro atoms. The molecule has 0 atom stereocenters. The number of nitrogens with zero attached hydrogens (tertiary/aromatic N) is 1. The van der Waals surface area contributed by atoms with E-state index < -0.39 is 11.7 Å². The Morgan fingerprint density at radius 2 is 2.11 bits per heavy atom. The molecule has 0 unspecified atom stereocenters. The molecule has 0 bridgehead atoms. The summed E-state index contributed by atoms with van der Waals surface area (Å²) in [4.78, 5) is 22.8. The minimum atomic E-state index is -0.457. The normalized spacial score (nSPS) is 11.0. The van der Waals surface area contributed by atoms with Gasteiger partial charge in [-0.3, -0.25) is 9.63 Å². The zero-order valence-corrected chi connectivity index (χ0v) is 15.8. The molecule has 27 heavy (non-hydrogen) atoms. The van der Waals surface area contributed by atoms with Crippen LogP contribution in [-0.2, 0) is 4.84 Å². The molecule has 0 fully saturated rings. The van der Waals surface area contributed by atoms with Gasteiger partial charge in [-0.15, -0.1) is 0 Å². The second-order valence-electron chi connectivity index (χ2n) is 6.14. The first kappa shape index (κ1) is 19.2. The van der Waals surface area contributed by atoms with Crippen molar-refractivity contribution in [2.24, 2.45) is 0 Å². The molecule has 8 heteroatoms. The summed E-state index contributed by atoms with van der Waals surface area (Å²) in [6, 6.07) is 6.71. The maximum Gasteiger partial charge on any atom is 0.278 e. The lowest BCUT2D eigenvalue weighted by atomic mass is 10.1. The Hall–Kier alpha value is -2.55. The molecule has 0 aliphatic carbocycles. The zero-order chi connectivity index (χ0) is 19.4. The number of hydrogen-bond acceptors (Lipinski definition) is 6. The summed E-state index contributed by atoms with van der Waals surface area (Å²) in [5.74, 6) is -0.858. The minimum absolute atomic E-state index is 0.0279. The number of aliphatic hydroxyl groups excluding tert-OH is 1. The number of hydrogen-bond donors (Lipinski definition) is 3. The number of aliphatic hydroxyl groups is 1. The SMILES string of the molecule is Cc1ccc(Nc2sc3ncc(C)cc3c2C(=O)NOCCCO)c(F)c1. The second kappa shape index (κ2) is 8.43. The Kier molecular flexibility index (Phi) is 6.00. The molecule has 1 amide bonds. The third-order valence-corrected chi connectivity index (χ3v) is 4.88. The van der Waals surface area contributed by atoms with E-state index in [0.717, 1.165) is 11.1 Å². The van der Waals surface area contributed by atoms with Crippen LogP contribution >= 0.6 is 11.3 Å². The molecule has 0 saturated heterocycles. The summed E-state index contributed by atoms with van der Waals surface area (Å²) in [6.45, 7) is 3.86. The van der Waals surface area contributed by atoms with Gasteiger partial charge >= 0.3 is 0 Å². The summed E-state index contributed by atoms with van der Waals surface area (Å²) in [5, 5.41) is 12.9. The number of carbonyl (C=O) groups is 1. The van der Waals surface area contributed by atoms with E-state index in [9.17, 15) is 9.18 Å². The minimum Gasteiger partial charge on any atom is -0.396 e. The van der Waals surface area contributed by atoms with Crippen LogP contribution in [0.15, 0.2) is 30.5 Å². The van der Waals surface area contributed by atoms with Gasteiger partial charge in [0.15, 0.2) is 0 Å². The predicted molar refractivity (Wildman–Crippen MR) is 104 cm³/mol. The van der Waals surface area contributed by atoms with E-state index >= 15 is 0 Å². The monoisotopic (exact) mass is 389 g/mol. The van der Waals surface area contributed by atoms with E-state index in [1.807, 2.05) is 19.9 Å². The number of nitrogens with one attached hydrogen (secondary N) is 2. The van der Waals surface area contributed by atoms with E-state index in [-0.39, 0.29) is 18.9 Å². The first-order valence-electron chi connectivity index (χ1n) is 8.45. The first-order chi connectivity index (χ1) is 13.0. The molecule has 6 nitrogen and oxygen atoms in total. The Bertz CT molecular complexity index is 974. The van der Waals surface area contributed by atoms with Crippen molar-refractivity contribution in [3.63, 3.8) is 0 Å². The number of aromatic nitrogens is 1. The standard InChI is InChI=1S/C19H20FN3O3S/c1-11-4-5-15(14(20)9-11)22-19-16(17(25)23-26-7-3-6-24)13-8-12(2)10-21-18(13)27-19/h4-5,8-10,22,24H,3,6-7H2,1-2H3,(H,23,25). The Balaban J connectivity index is 1.97. The van der Waals surface area contributed by atoms with Crippen LogP contribution in [-0.4, -0.2) is 29.2 Å². The molecule has 3 N–H and O–H groups in total. The van der Waals surface area contributed by atoms with Gasteiger partial charge in [0, 0.05) is 18.2 Å². The third-order valence-electron chi connectivity index (χ3n) is 3.85. The topological polar surface area (TPSA) is 83.5 Å². The number of halogens is 1. The van der Waals surface area contributed by atoms with Gasteiger partial charge < -0.3 is 10.4 Å². The molecular formula is C19H20FN3O3S. The molecule has 0 aliphatic heterocycles. The molecule has 142 valence electrons. The predicted octanol–water partition coefficient (Wildman–Crippen LogP) is 3.84. The number of carbonyl (C=O) groups excluding carboxylic acids is 1. The van der Waals surface area contributed by atoms with E-state index in [1.165, 1.54) is 17.4 Å². The number of thiophene rings is 1. The van der Waals surface area contributed by atoms with Gasteiger partial charge in [-0.25, -0.2) is 14.9 Å². The van der Waals surface area contributed by atoms with Crippen LogP contribution in [0.2, 0.25) is 0 Å². The van der Waals surface area contributed by atoms with Crippen molar-refractivity contribution >= 4 is 38.1 Å². The van der Waals surface area contributed by atoms with E-state index in [0.29, 0.717) is 27.2 Å². The van der Waals surface area contributed by atoms with Crippen molar-refractivity contribution in [3.8, 4) is 0 Å². The highest BCUT2D eigenvalue weighted by atomic mass is 32.1. The average molecular weight is 389 g/mol. The smallest absolute Gasteiger partial charge is 0.278 e. The van der Waals surface area contributed by atoms with Crippen molar-refractivity contribution in [3.05, 3.63) is 53.0 Å². The van der Waals surface area contributed by atoms with E-state index in [1.54, 1.807) is 18.3 Å².